The van der Waals surface area contributed by atoms with E-state index in [0.717, 1.165) is 51.1 Å². The van der Waals surface area contributed by atoms with Crippen LogP contribution in [0, 0.1) is 5.82 Å². The van der Waals surface area contributed by atoms with E-state index in [0.29, 0.717) is 25.3 Å². The first-order chi connectivity index (χ1) is 16.2. The number of hydrogen-bond acceptors (Lipinski definition) is 6. The highest BCUT2D eigenvalue weighted by atomic mass is 19.1. The highest BCUT2D eigenvalue weighted by molar-refractivity contribution is 5.94. The number of aromatic nitrogens is 2. The Balaban J connectivity index is 1.06. The number of carbonyl (C=O) groups excluding carboxylic acids is 1. The van der Waals surface area contributed by atoms with Crippen LogP contribution in [0.15, 0.2) is 42.7 Å². The van der Waals surface area contributed by atoms with Gasteiger partial charge < -0.3 is 15.0 Å². The molecule has 0 radical (unpaired) electrons. The minimum absolute atomic E-state index is 0.0325. The van der Waals surface area contributed by atoms with E-state index in [-0.39, 0.29) is 11.8 Å². The zero-order valence-electron chi connectivity index (χ0n) is 18.6. The van der Waals surface area contributed by atoms with Gasteiger partial charge in [0.05, 0.1) is 6.61 Å². The van der Waals surface area contributed by atoms with Crippen molar-refractivity contribution in [2.24, 2.45) is 0 Å². The third-order valence-electron chi connectivity index (χ3n) is 6.38. The Morgan fingerprint density at radius 3 is 2.85 bits per heavy atom. The highest BCUT2D eigenvalue weighted by Gasteiger charge is 2.20. The van der Waals surface area contributed by atoms with Crippen LogP contribution < -0.4 is 15.0 Å². The lowest BCUT2D eigenvalue weighted by Crippen LogP contribution is -2.46. The summed E-state index contributed by atoms with van der Waals surface area (Å²) < 4.78 is 19.8. The van der Waals surface area contributed by atoms with Crippen molar-refractivity contribution < 1.29 is 13.9 Å². The standard InChI is InChI=1S/C25H28FN5O2/c26-21-16-18-6-7-23(32)28-24(18)29-25(21)33-15-2-1-10-30-11-13-31(14-12-30)22-5-3-4-19-17-27-9-8-20(19)22/h3-5,8-9,16-17H,1-2,6-7,10-15H2,(H,28,29,32). The number of benzene rings is 1. The molecule has 1 aromatic carbocycles. The number of unbranched alkanes of at least 4 members (excludes halogenated alkanes) is 1. The van der Waals surface area contributed by atoms with E-state index in [1.54, 1.807) is 0 Å². The summed E-state index contributed by atoms with van der Waals surface area (Å²) in [5, 5.41) is 5.11. The normalized spacial score (nSPS) is 16.5. The minimum atomic E-state index is -0.467. The second kappa shape index (κ2) is 9.70. The molecule has 0 aliphatic carbocycles. The SMILES string of the molecule is O=C1CCc2cc(F)c(OCCCCN3CCN(c4cccc5cnccc45)CC3)nc2N1. The fourth-order valence-corrected chi connectivity index (χ4v) is 4.55. The predicted molar refractivity (Wildman–Crippen MR) is 126 cm³/mol. The van der Waals surface area contributed by atoms with Crippen LogP contribution in [0.5, 0.6) is 5.88 Å². The molecule has 5 rings (SSSR count). The van der Waals surface area contributed by atoms with Crippen molar-refractivity contribution in [1.29, 1.82) is 0 Å². The molecule has 0 unspecified atom stereocenters. The number of nitrogens with zero attached hydrogens (tertiary/aromatic N) is 4. The fourth-order valence-electron chi connectivity index (χ4n) is 4.55. The number of amides is 1. The van der Waals surface area contributed by atoms with Gasteiger partial charge in [-0.15, -0.1) is 0 Å². The average Bonchev–Trinajstić information content (AvgIpc) is 2.84. The number of anilines is 2. The van der Waals surface area contributed by atoms with Crippen LogP contribution in [-0.2, 0) is 11.2 Å². The third-order valence-corrected chi connectivity index (χ3v) is 6.38. The predicted octanol–water partition coefficient (Wildman–Crippen LogP) is 3.63. The molecular formula is C25H28FN5O2. The van der Waals surface area contributed by atoms with Crippen molar-refractivity contribution in [2.75, 3.05) is 49.5 Å². The van der Waals surface area contributed by atoms with E-state index < -0.39 is 5.82 Å². The molecule has 7 nitrogen and oxygen atoms in total. The quantitative estimate of drug-likeness (QED) is 0.556. The van der Waals surface area contributed by atoms with Gasteiger partial charge in [-0.05, 0) is 49.6 Å². The summed E-state index contributed by atoms with van der Waals surface area (Å²) in [6, 6.07) is 9.90. The number of aryl methyl sites for hydroxylation is 1. The number of halogens is 1. The van der Waals surface area contributed by atoms with E-state index in [9.17, 15) is 9.18 Å². The van der Waals surface area contributed by atoms with Crippen molar-refractivity contribution in [3.8, 4) is 5.88 Å². The summed E-state index contributed by atoms with van der Waals surface area (Å²) in [6.45, 7) is 5.42. The maximum absolute atomic E-state index is 14.2. The molecule has 2 aliphatic rings. The monoisotopic (exact) mass is 449 g/mol. The Morgan fingerprint density at radius 2 is 1.97 bits per heavy atom. The number of carbonyl (C=O) groups is 1. The Morgan fingerprint density at radius 1 is 1.09 bits per heavy atom. The lowest BCUT2D eigenvalue weighted by Gasteiger charge is -2.36. The number of fused-ring (bicyclic) bond motifs is 2. The molecule has 1 fully saturated rings. The van der Waals surface area contributed by atoms with Crippen LogP contribution in [0.4, 0.5) is 15.9 Å². The second-order valence-electron chi connectivity index (χ2n) is 8.59. The Hall–Kier alpha value is -3.26. The Labute approximate surface area is 192 Å². The summed E-state index contributed by atoms with van der Waals surface area (Å²) in [7, 11) is 0. The molecule has 0 atom stereocenters. The fraction of sp³-hybridized carbons (Fsp3) is 0.400. The van der Waals surface area contributed by atoms with Crippen LogP contribution in [-0.4, -0.2) is 60.1 Å². The van der Waals surface area contributed by atoms with Crippen molar-refractivity contribution >= 4 is 28.2 Å². The number of ether oxygens (including phenoxy) is 1. The molecule has 1 N–H and O–H groups in total. The first-order valence-corrected chi connectivity index (χ1v) is 11.6. The second-order valence-corrected chi connectivity index (χ2v) is 8.59. The lowest BCUT2D eigenvalue weighted by molar-refractivity contribution is -0.116. The molecule has 2 aliphatic heterocycles. The topological polar surface area (TPSA) is 70.6 Å². The number of nitrogens with one attached hydrogen (secondary N) is 1. The van der Waals surface area contributed by atoms with Crippen LogP contribution in [0.3, 0.4) is 0 Å². The Kier molecular flexibility index (Phi) is 6.35. The molecule has 1 saturated heterocycles. The van der Waals surface area contributed by atoms with Gasteiger partial charge in [-0.1, -0.05) is 12.1 Å². The molecule has 3 aromatic rings. The van der Waals surface area contributed by atoms with Crippen molar-refractivity contribution in [2.45, 2.75) is 25.7 Å². The summed E-state index contributed by atoms with van der Waals surface area (Å²) in [6.07, 6.45) is 6.44. The summed E-state index contributed by atoms with van der Waals surface area (Å²) in [5.41, 5.74) is 2.00. The zero-order chi connectivity index (χ0) is 22.6. The van der Waals surface area contributed by atoms with E-state index in [1.807, 2.05) is 12.4 Å². The summed E-state index contributed by atoms with van der Waals surface area (Å²) in [4.78, 5) is 24.8. The first kappa shape index (κ1) is 21.6. The van der Waals surface area contributed by atoms with Gasteiger partial charge in [-0.2, -0.15) is 4.98 Å². The molecule has 172 valence electrons. The maximum Gasteiger partial charge on any atom is 0.252 e. The van der Waals surface area contributed by atoms with Crippen LogP contribution in [0.25, 0.3) is 10.8 Å². The van der Waals surface area contributed by atoms with Gasteiger partial charge >= 0.3 is 0 Å². The van der Waals surface area contributed by atoms with Crippen molar-refractivity contribution in [3.05, 3.63) is 54.1 Å². The number of piperazine rings is 1. The summed E-state index contributed by atoms with van der Waals surface area (Å²) >= 11 is 0. The molecule has 33 heavy (non-hydrogen) atoms. The van der Waals surface area contributed by atoms with Crippen LogP contribution >= 0.6 is 0 Å². The van der Waals surface area contributed by atoms with E-state index in [1.165, 1.54) is 22.5 Å². The summed E-state index contributed by atoms with van der Waals surface area (Å²) in [5.74, 6) is -0.173. The van der Waals surface area contributed by atoms with Gasteiger partial charge in [0.2, 0.25) is 5.91 Å². The highest BCUT2D eigenvalue weighted by Crippen LogP contribution is 2.28. The third kappa shape index (κ3) is 4.90. The number of rotatable bonds is 7. The van der Waals surface area contributed by atoms with Gasteiger partial charge in [0, 0.05) is 61.5 Å². The Bertz CT molecular complexity index is 1140. The van der Waals surface area contributed by atoms with Gasteiger partial charge in [0.1, 0.15) is 5.82 Å². The molecule has 8 heteroatoms. The lowest BCUT2D eigenvalue weighted by atomic mass is 10.1. The molecule has 0 saturated carbocycles. The number of pyridine rings is 2. The molecule has 0 spiro atoms. The molecule has 0 bridgehead atoms. The maximum atomic E-state index is 14.2. The van der Waals surface area contributed by atoms with E-state index >= 15 is 0 Å². The van der Waals surface area contributed by atoms with E-state index in [2.05, 4.69) is 49.4 Å². The molecular weight excluding hydrogens is 421 g/mol. The van der Waals surface area contributed by atoms with Gasteiger partial charge in [-0.3, -0.25) is 14.7 Å². The van der Waals surface area contributed by atoms with Crippen molar-refractivity contribution in [1.82, 2.24) is 14.9 Å². The van der Waals surface area contributed by atoms with Gasteiger partial charge in [-0.25, -0.2) is 4.39 Å². The number of hydrogen-bond donors (Lipinski definition) is 1. The van der Waals surface area contributed by atoms with E-state index in [4.69, 9.17) is 4.74 Å². The van der Waals surface area contributed by atoms with Crippen LogP contribution in [0.2, 0.25) is 0 Å². The van der Waals surface area contributed by atoms with Gasteiger partial charge in [0.15, 0.2) is 5.82 Å². The van der Waals surface area contributed by atoms with Gasteiger partial charge in [0.25, 0.3) is 5.88 Å². The first-order valence-electron chi connectivity index (χ1n) is 11.6. The zero-order valence-corrected chi connectivity index (χ0v) is 18.6. The smallest absolute Gasteiger partial charge is 0.252 e. The average molecular weight is 450 g/mol. The minimum Gasteiger partial charge on any atom is -0.476 e. The van der Waals surface area contributed by atoms with Crippen LogP contribution in [0.1, 0.15) is 24.8 Å². The molecule has 2 aromatic heterocycles. The molecule has 1 amide bonds. The van der Waals surface area contributed by atoms with Crippen molar-refractivity contribution in [3.63, 3.8) is 0 Å². The largest absolute Gasteiger partial charge is 0.476 e. The molecule has 4 heterocycles.